The van der Waals surface area contributed by atoms with Crippen LogP contribution in [0, 0.1) is 0 Å². The largest absolute Gasteiger partial charge is 0.356 e. The van der Waals surface area contributed by atoms with E-state index in [9.17, 15) is 0 Å². The molecule has 1 unspecified atom stereocenters. The second-order valence-corrected chi connectivity index (χ2v) is 6.41. The normalized spacial score (nSPS) is 13.2. The Morgan fingerprint density at radius 3 is 3.00 bits per heavy atom. The summed E-state index contributed by atoms with van der Waals surface area (Å²) in [5.74, 6) is 2.21. The van der Waals surface area contributed by atoms with Gasteiger partial charge in [-0.15, -0.1) is 10.2 Å². The second kappa shape index (κ2) is 7.92. The zero-order chi connectivity index (χ0) is 16.8. The number of nitrogens with zero attached hydrogens (tertiary/aromatic N) is 4. The molecule has 0 radical (unpaired) electrons. The topological polar surface area (TPSA) is 66.6 Å². The third-order valence-corrected chi connectivity index (χ3v) is 4.64. The molecule has 3 aromatic heterocycles. The summed E-state index contributed by atoms with van der Waals surface area (Å²) in [6.45, 7) is 3.82. The van der Waals surface area contributed by atoms with Crippen molar-refractivity contribution < 1.29 is 0 Å². The van der Waals surface area contributed by atoms with Crippen molar-refractivity contribution in [2.75, 3.05) is 20.1 Å². The molecule has 7 heteroatoms. The van der Waals surface area contributed by atoms with Gasteiger partial charge in [-0.25, -0.2) is 0 Å². The maximum absolute atomic E-state index is 4.28. The second-order valence-electron chi connectivity index (χ2n) is 5.63. The van der Waals surface area contributed by atoms with Crippen LogP contribution in [-0.4, -0.2) is 40.7 Å². The fourth-order valence-corrected chi connectivity index (χ4v) is 3.28. The number of rotatable bonds is 6. The van der Waals surface area contributed by atoms with Gasteiger partial charge >= 0.3 is 0 Å². The fourth-order valence-electron chi connectivity index (χ4n) is 2.50. The van der Waals surface area contributed by atoms with Crippen LogP contribution < -0.4 is 10.6 Å². The molecular weight excluding hydrogens is 320 g/mol. The van der Waals surface area contributed by atoms with Crippen LogP contribution in [0.15, 0.2) is 46.2 Å². The summed E-state index contributed by atoms with van der Waals surface area (Å²) in [6, 6.07) is 8.08. The van der Waals surface area contributed by atoms with E-state index in [-0.39, 0.29) is 0 Å². The summed E-state index contributed by atoms with van der Waals surface area (Å²) >= 11 is 1.73. The minimum atomic E-state index is 0.454. The van der Waals surface area contributed by atoms with Crippen molar-refractivity contribution in [1.29, 1.82) is 0 Å². The predicted octanol–water partition coefficient (Wildman–Crippen LogP) is 2.30. The first-order chi connectivity index (χ1) is 11.8. The first kappa shape index (κ1) is 16.4. The number of pyridine rings is 1. The van der Waals surface area contributed by atoms with Crippen molar-refractivity contribution in [2.45, 2.75) is 19.3 Å². The van der Waals surface area contributed by atoms with Crippen LogP contribution in [0.3, 0.4) is 0 Å². The summed E-state index contributed by atoms with van der Waals surface area (Å²) in [5, 5.41) is 19.4. The lowest BCUT2D eigenvalue weighted by Crippen LogP contribution is -2.40. The van der Waals surface area contributed by atoms with E-state index in [1.165, 1.54) is 5.56 Å². The van der Waals surface area contributed by atoms with Gasteiger partial charge in [-0.2, -0.15) is 11.3 Å². The fraction of sp³-hybridized carbons (Fsp3) is 0.353. The average molecular weight is 342 g/mol. The number of hydrogen-bond donors (Lipinski definition) is 2. The van der Waals surface area contributed by atoms with Crippen LogP contribution in [0.1, 0.15) is 24.2 Å². The molecule has 6 nitrogen and oxygen atoms in total. The molecule has 0 aliphatic heterocycles. The van der Waals surface area contributed by atoms with E-state index in [2.05, 4.69) is 49.6 Å². The van der Waals surface area contributed by atoms with Crippen LogP contribution in [-0.2, 0) is 6.42 Å². The van der Waals surface area contributed by atoms with Crippen LogP contribution >= 0.6 is 11.3 Å². The molecular formula is C17H22N6S. The number of thiophene rings is 1. The summed E-state index contributed by atoms with van der Waals surface area (Å²) in [4.78, 5) is 4.28. The van der Waals surface area contributed by atoms with E-state index in [1.54, 1.807) is 18.4 Å². The van der Waals surface area contributed by atoms with Crippen LogP contribution in [0.4, 0.5) is 0 Å². The van der Waals surface area contributed by atoms with E-state index in [0.29, 0.717) is 5.92 Å². The molecule has 3 heterocycles. The van der Waals surface area contributed by atoms with E-state index in [0.717, 1.165) is 36.9 Å². The monoisotopic (exact) mass is 342 g/mol. The molecule has 2 N–H and O–H groups in total. The van der Waals surface area contributed by atoms with Crippen molar-refractivity contribution in [3.63, 3.8) is 0 Å². The van der Waals surface area contributed by atoms with Gasteiger partial charge in [0.1, 0.15) is 5.82 Å². The third kappa shape index (κ3) is 3.91. The molecule has 0 aliphatic carbocycles. The van der Waals surface area contributed by atoms with Gasteiger partial charge in [-0.3, -0.25) is 9.39 Å². The quantitative estimate of drug-likeness (QED) is 0.533. The number of fused-ring (bicyclic) bond motifs is 1. The summed E-state index contributed by atoms with van der Waals surface area (Å²) in [5.41, 5.74) is 2.23. The van der Waals surface area contributed by atoms with Crippen molar-refractivity contribution in [3.8, 4) is 0 Å². The van der Waals surface area contributed by atoms with Gasteiger partial charge in [0.2, 0.25) is 0 Å². The van der Waals surface area contributed by atoms with Gasteiger partial charge in [0.05, 0.1) is 0 Å². The lowest BCUT2D eigenvalue weighted by molar-refractivity contribution is 0.695. The van der Waals surface area contributed by atoms with Gasteiger partial charge in [-0.1, -0.05) is 13.0 Å². The molecule has 0 bridgehead atoms. The van der Waals surface area contributed by atoms with Gasteiger partial charge in [0.25, 0.3) is 0 Å². The minimum absolute atomic E-state index is 0.454. The maximum atomic E-state index is 4.28. The van der Waals surface area contributed by atoms with Gasteiger partial charge < -0.3 is 10.6 Å². The zero-order valence-corrected chi connectivity index (χ0v) is 14.8. The Balaban J connectivity index is 1.48. The Bertz CT molecular complexity index is 792. The number of hydrogen-bond acceptors (Lipinski definition) is 4. The molecule has 1 atom stereocenters. The first-order valence-corrected chi connectivity index (χ1v) is 8.97. The van der Waals surface area contributed by atoms with Crippen molar-refractivity contribution in [3.05, 3.63) is 52.6 Å². The SMILES string of the molecule is CN=C(NCCc1nnc2ccccn12)NCC(C)c1ccsc1. The lowest BCUT2D eigenvalue weighted by Gasteiger charge is -2.15. The molecule has 0 saturated carbocycles. The minimum Gasteiger partial charge on any atom is -0.356 e. The molecule has 0 aromatic carbocycles. The van der Waals surface area contributed by atoms with E-state index < -0.39 is 0 Å². The molecule has 0 aliphatic rings. The highest BCUT2D eigenvalue weighted by molar-refractivity contribution is 7.07. The van der Waals surface area contributed by atoms with Crippen LogP contribution in [0.2, 0.25) is 0 Å². The van der Waals surface area contributed by atoms with E-state index in [4.69, 9.17) is 0 Å². The molecule has 3 rings (SSSR count). The molecule has 0 saturated heterocycles. The molecule has 0 spiro atoms. The van der Waals surface area contributed by atoms with Crippen molar-refractivity contribution in [2.24, 2.45) is 4.99 Å². The molecule has 0 fully saturated rings. The molecule has 126 valence electrons. The highest BCUT2D eigenvalue weighted by Gasteiger charge is 2.08. The predicted molar refractivity (Wildman–Crippen MR) is 98.8 cm³/mol. The lowest BCUT2D eigenvalue weighted by atomic mass is 10.1. The number of guanidine groups is 1. The third-order valence-electron chi connectivity index (χ3n) is 3.94. The van der Waals surface area contributed by atoms with E-state index >= 15 is 0 Å². The molecule has 0 amide bonds. The van der Waals surface area contributed by atoms with E-state index in [1.807, 2.05) is 28.8 Å². The zero-order valence-electron chi connectivity index (χ0n) is 13.9. The molecule has 3 aromatic rings. The van der Waals surface area contributed by atoms with Crippen LogP contribution in [0.25, 0.3) is 5.65 Å². The van der Waals surface area contributed by atoms with Gasteiger partial charge in [-0.05, 0) is 40.4 Å². The Kier molecular flexibility index (Phi) is 5.43. The number of aromatic nitrogens is 3. The summed E-state index contributed by atoms with van der Waals surface area (Å²) in [7, 11) is 1.79. The number of aliphatic imine (C=N–C) groups is 1. The van der Waals surface area contributed by atoms with Crippen LogP contribution in [0.5, 0.6) is 0 Å². The summed E-state index contributed by atoms with van der Waals surface area (Å²) < 4.78 is 2.01. The van der Waals surface area contributed by atoms with Crippen molar-refractivity contribution in [1.82, 2.24) is 25.2 Å². The first-order valence-electron chi connectivity index (χ1n) is 8.03. The Morgan fingerprint density at radius 1 is 1.29 bits per heavy atom. The highest BCUT2D eigenvalue weighted by Crippen LogP contribution is 2.16. The summed E-state index contributed by atoms with van der Waals surface area (Å²) in [6.07, 6.45) is 2.77. The Hall–Kier alpha value is -2.41. The Morgan fingerprint density at radius 2 is 2.21 bits per heavy atom. The smallest absolute Gasteiger partial charge is 0.191 e. The van der Waals surface area contributed by atoms with Gasteiger partial charge in [0.15, 0.2) is 11.6 Å². The standard InChI is InChI=1S/C17H22N6S/c1-13(14-7-10-24-12-14)11-20-17(18-2)19-8-6-16-22-21-15-5-3-4-9-23(15)16/h3-5,7,9-10,12-13H,6,8,11H2,1-2H3,(H2,18,19,20). The van der Waals surface area contributed by atoms with Crippen molar-refractivity contribution >= 4 is 22.9 Å². The number of nitrogens with one attached hydrogen (secondary N) is 2. The maximum Gasteiger partial charge on any atom is 0.191 e. The Labute approximate surface area is 145 Å². The van der Waals surface area contributed by atoms with Gasteiger partial charge in [0, 0.05) is 32.8 Å². The highest BCUT2D eigenvalue weighted by atomic mass is 32.1. The average Bonchev–Trinajstić information content (AvgIpc) is 3.28. The molecule has 24 heavy (non-hydrogen) atoms.